The van der Waals surface area contributed by atoms with E-state index in [9.17, 15) is 9.59 Å². The van der Waals surface area contributed by atoms with Crippen LogP contribution >= 0.6 is 22.7 Å². The van der Waals surface area contributed by atoms with Crippen LogP contribution in [0.2, 0.25) is 0 Å². The van der Waals surface area contributed by atoms with E-state index in [4.69, 9.17) is 10.5 Å². The molecule has 0 bridgehead atoms. The van der Waals surface area contributed by atoms with E-state index in [2.05, 4.69) is 4.98 Å². The molecular weight excluding hydrogens is 284 g/mol. The molecule has 19 heavy (non-hydrogen) atoms. The fraction of sp³-hybridized carbons (Fsp3) is 0.250. The van der Waals surface area contributed by atoms with E-state index in [0.717, 1.165) is 10.6 Å². The summed E-state index contributed by atoms with van der Waals surface area (Å²) in [5, 5.41) is 6.64. The SMILES string of the molecule is CC(OC(=O)Cc1csc(-c2ccsc2)n1)C(N)=O. The second kappa shape index (κ2) is 5.94. The third-order valence-electron chi connectivity index (χ3n) is 2.35. The van der Waals surface area contributed by atoms with Gasteiger partial charge in [-0.25, -0.2) is 4.98 Å². The van der Waals surface area contributed by atoms with Crippen LogP contribution in [0, 0.1) is 0 Å². The molecule has 2 rings (SSSR count). The summed E-state index contributed by atoms with van der Waals surface area (Å²) < 4.78 is 4.87. The van der Waals surface area contributed by atoms with Gasteiger partial charge in [0.25, 0.3) is 5.91 Å². The molecule has 0 aliphatic rings. The molecule has 2 heterocycles. The summed E-state index contributed by atoms with van der Waals surface area (Å²) >= 11 is 3.06. The van der Waals surface area contributed by atoms with Crippen molar-refractivity contribution in [2.75, 3.05) is 0 Å². The van der Waals surface area contributed by atoms with E-state index in [-0.39, 0.29) is 6.42 Å². The molecule has 0 spiro atoms. The highest BCUT2D eigenvalue weighted by molar-refractivity contribution is 7.14. The summed E-state index contributed by atoms with van der Waals surface area (Å²) in [5.41, 5.74) is 6.69. The highest BCUT2D eigenvalue weighted by Gasteiger charge is 2.16. The number of hydrogen-bond acceptors (Lipinski definition) is 6. The standard InChI is InChI=1S/C12H12N2O3S2/c1-7(11(13)16)17-10(15)4-9-6-19-12(14-9)8-2-3-18-5-8/h2-3,5-7H,4H2,1H3,(H2,13,16). The minimum Gasteiger partial charge on any atom is -0.452 e. The number of carbonyl (C=O) groups excluding carboxylic acids is 2. The molecule has 0 aliphatic carbocycles. The summed E-state index contributed by atoms with van der Waals surface area (Å²) in [6.45, 7) is 1.44. The van der Waals surface area contributed by atoms with Crippen molar-refractivity contribution in [1.82, 2.24) is 4.98 Å². The highest BCUT2D eigenvalue weighted by Crippen LogP contribution is 2.25. The summed E-state index contributed by atoms with van der Waals surface area (Å²) in [5.74, 6) is -1.17. The smallest absolute Gasteiger partial charge is 0.312 e. The Kier molecular flexibility index (Phi) is 4.28. The second-order valence-corrected chi connectivity index (χ2v) is 5.51. The van der Waals surface area contributed by atoms with Crippen molar-refractivity contribution in [3.63, 3.8) is 0 Å². The number of nitrogens with two attached hydrogens (primary N) is 1. The number of amides is 1. The Labute approximate surface area is 118 Å². The molecule has 0 fully saturated rings. The molecule has 2 aromatic heterocycles. The number of primary amides is 1. The van der Waals surface area contributed by atoms with Crippen LogP contribution in [0.4, 0.5) is 0 Å². The number of thiophene rings is 1. The first-order chi connectivity index (χ1) is 9.06. The van der Waals surface area contributed by atoms with Crippen LogP contribution in [0.1, 0.15) is 12.6 Å². The minimum atomic E-state index is -0.914. The first-order valence-electron chi connectivity index (χ1n) is 5.52. The Morgan fingerprint density at radius 2 is 2.26 bits per heavy atom. The number of esters is 1. The van der Waals surface area contributed by atoms with E-state index in [1.165, 1.54) is 18.3 Å². The lowest BCUT2D eigenvalue weighted by atomic mass is 10.3. The zero-order valence-electron chi connectivity index (χ0n) is 10.2. The van der Waals surface area contributed by atoms with Crippen LogP contribution in [-0.2, 0) is 20.7 Å². The lowest BCUT2D eigenvalue weighted by molar-refractivity contribution is -0.153. The predicted molar refractivity (Wildman–Crippen MR) is 73.9 cm³/mol. The van der Waals surface area contributed by atoms with Crippen molar-refractivity contribution in [2.45, 2.75) is 19.4 Å². The van der Waals surface area contributed by atoms with Crippen molar-refractivity contribution in [1.29, 1.82) is 0 Å². The number of carbonyl (C=O) groups is 2. The van der Waals surface area contributed by atoms with Gasteiger partial charge < -0.3 is 10.5 Å². The topological polar surface area (TPSA) is 82.3 Å². The number of aromatic nitrogens is 1. The van der Waals surface area contributed by atoms with Crippen LogP contribution in [0.25, 0.3) is 10.6 Å². The Hall–Kier alpha value is -1.73. The lowest BCUT2D eigenvalue weighted by Crippen LogP contribution is -2.30. The molecule has 0 radical (unpaired) electrons. The third kappa shape index (κ3) is 3.62. The summed E-state index contributed by atoms with van der Waals surface area (Å²) in [6.07, 6.45) is -0.874. The molecule has 5 nitrogen and oxygen atoms in total. The first kappa shape index (κ1) is 13.7. The molecule has 0 aliphatic heterocycles. The molecule has 0 saturated carbocycles. The number of hydrogen-bond donors (Lipinski definition) is 1. The molecule has 0 saturated heterocycles. The summed E-state index contributed by atoms with van der Waals surface area (Å²) in [4.78, 5) is 26.7. The molecule has 7 heteroatoms. The molecule has 1 amide bonds. The van der Waals surface area contributed by atoms with E-state index >= 15 is 0 Å². The van der Waals surface area contributed by atoms with Gasteiger partial charge in [0.05, 0.1) is 12.1 Å². The van der Waals surface area contributed by atoms with E-state index in [1.807, 2.05) is 22.2 Å². The van der Waals surface area contributed by atoms with Crippen LogP contribution in [-0.4, -0.2) is 23.0 Å². The average molecular weight is 296 g/mol. The quantitative estimate of drug-likeness (QED) is 0.853. The molecule has 1 unspecified atom stereocenters. The van der Waals surface area contributed by atoms with Crippen molar-refractivity contribution < 1.29 is 14.3 Å². The number of nitrogens with zero attached hydrogens (tertiary/aromatic N) is 1. The van der Waals surface area contributed by atoms with Gasteiger partial charge >= 0.3 is 5.97 Å². The van der Waals surface area contributed by atoms with E-state index in [1.54, 1.807) is 11.3 Å². The largest absolute Gasteiger partial charge is 0.452 e. The molecule has 100 valence electrons. The van der Waals surface area contributed by atoms with Crippen molar-refractivity contribution in [2.24, 2.45) is 5.73 Å². The van der Waals surface area contributed by atoms with Crippen LogP contribution in [0.3, 0.4) is 0 Å². The van der Waals surface area contributed by atoms with Gasteiger partial charge in [0.1, 0.15) is 5.01 Å². The second-order valence-electron chi connectivity index (χ2n) is 3.87. The highest BCUT2D eigenvalue weighted by atomic mass is 32.1. The van der Waals surface area contributed by atoms with Crippen molar-refractivity contribution in [3.8, 4) is 10.6 Å². The molecule has 0 aromatic carbocycles. The number of thiazole rings is 1. The number of ether oxygens (including phenoxy) is 1. The average Bonchev–Trinajstić information content (AvgIpc) is 2.97. The van der Waals surface area contributed by atoms with Gasteiger partial charge in [-0.15, -0.1) is 11.3 Å². The zero-order valence-corrected chi connectivity index (χ0v) is 11.8. The minimum absolute atomic E-state index is 0.0399. The van der Waals surface area contributed by atoms with Crippen LogP contribution < -0.4 is 5.73 Å². The monoisotopic (exact) mass is 296 g/mol. The lowest BCUT2D eigenvalue weighted by Gasteiger charge is -2.08. The Morgan fingerprint density at radius 3 is 2.89 bits per heavy atom. The molecule has 2 N–H and O–H groups in total. The Morgan fingerprint density at radius 1 is 1.47 bits per heavy atom. The van der Waals surface area contributed by atoms with Gasteiger partial charge in [0, 0.05) is 16.3 Å². The molecule has 1 atom stereocenters. The van der Waals surface area contributed by atoms with Crippen molar-refractivity contribution in [3.05, 3.63) is 27.9 Å². The molecular formula is C12H12N2O3S2. The van der Waals surface area contributed by atoms with Gasteiger partial charge in [-0.3, -0.25) is 9.59 Å². The van der Waals surface area contributed by atoms with Gasteiger partial charge in [-0.2, -0.15) is 11.3 Å². The Bertz CT molecular complexity index is 578. The van der Waals surface area contributed by atoms with Gasteiger partial charge in [-0.1, -0.05) is 0 Å². The third-order valence-corrected chi connectivity index (χ3v) is 3.98. The maximum absolute atomic E-state index is 11.6. The number of rotatable bonds is 5. The zero-order chi connectivity index (χ0) is 13.8. The maximum Gasteiger partial charge on any atom is 0.312 e. The maximum atomic E-state index is 11.6. The summed E-state index contributed by atoms with van der Waals surface area (Å²) in [7, 11) is 0. The first-order valence-corrected chi connectivity index (χ1v) is 7.34. The van der Waals surface area contributed by atoms with E-state index < -0.39 is 18.0 Å². The van der Waals surface area contributed by atoms with Gasteiger partial charge in [0.15, 0.2) is 6.10 Å². The Balaban J connectivity index is 1.97. The predicted octanol–water partition coefficient (Wildman–Crippen LogP) is 1.83. The fourth-order valence-corrected chi connectivity index (χ4v) is 2.88. The van der Waals surface area contributed by atoms with Gasteiger partial charge in [-0.05, 0) is 18.4 Å². The van der Waals surface area contributed by atoms with Crippen molar-refractivity contribution >= 4 is 34.6 Å². The van der Waals surface area contributed by atoms with Crippen LogP contribution in [0.5, 0.6) is 0 Å². The summed E-state index contributed by atoms with van der Waals surface area (Å²) in [6, 6.07) is 1.97. The van der Waals surface area contributed by atoms with Gasteiger partial charge in [0.2, 0.25) is 0 Å². The normalized spacial score (nSPS) is 12.1. The van der Waals surface area contributed by atoms with Crippen LogP contribution in [0.15, 0.2) is 22.2 Å². The van der Waals surface area contributed by atoms with E-state index in [0.29, 0.717) is 5.69 Å². The fourth-order valence-electron chi connectivity index (χ4n) is 1.35. The molecule has 2 aromatic rings.